The van der Waals surface area contributed by atoms with Gasteiger partial charge in [-0.2, -0.15) is 0 Å². The third-order valence-corrected chi connectivity index (χ3v) is 4.25. The molecule has 106 valence electrons. The summed E-state index contributed by atoms with van der Waals surface area (Å²) in [6.07, 6.45) is 5.54. The lowest BCUT2D eigenvalue weighted by Gasteiger charge is -2.41. The molecule has 1 saturated heterocycles. The van der Waals surface area contributed by atoms with Gasteiger partial charge in [-0.15, -0.1) is 0 Å². The summed E-state index contributed by atoms with van der Waals surface area (Å²) in [5.41, 5.74) is 0.446. The highest BCUT2D eigenvalue weighted by molar-refractivity contribution is 4.98. The van der Waals surface area contributed by atoms with Gasteiger partial charge in [-0.25, -0.2) is 0 Å². The summed E-state index contributed by atoms with van der Waals surface area (Å²) in [6, 6.07) is 0. The van der Waals surface area contributed by atoms with Crippen molar-refractivity contribution < 1.29 is 4.74 Å². The van der Waals surface area contributed by atoms with E-state index in [-0.39, 0.29) is 0 Å². The summed E-state index contributed by atoms with van der Waals surface area (Å²) >= 11 is 0. The summed E-state index contributed by atoms with van der Waals surface area (Å²) in [7, 11) is 4.17. The van der Waals surface area contributed by atoms with Gasteiger partial charge in [0, 0.05) is 38.3 Å². The van der Waals surface area contributed by atoms with Gasteiger partial charge in [0.15, 0.2) is 0 Å². The van der Waals surface area contributed by atoms with Crippen molar-refractivity contribution in [3.8, 4) is 0 Å². The Labute approximate surface area is 112 Å². The van der Waals surface area contributed by atoms with Crippen molar-refractivity contribution in [1.82, 2.24) is 15.1 Å². The Hall–Kier alpha value is -0.160. The zero-order valence-corrected chi connectivity index (χ0v) is 12.1. The molecule has 0 atom stereocenters. The molecule has 1 saturated carbocycles. The number of hydrogen-bond acceptors (Lipinski definition) is 4. The third-order valence-electron chi connectivity index (χ3n) is 4.25. The van der Waals surface area contributed by atoms with Gasteiger partial charge in [-0.1, -0.05) is 12.8 Å². The maximum absolute atomic E-state index is 5.69. The van der Waals surface area contributed by atoms with Gasteiger partial charge in [0.05, 0.1) is 13.2 Å². The largest absolute Gasteiger partial charge is 0.379 e. The number of piperazine rings is 1. The van der Waals surface area contributed by atoms with E-state index in [1.54, 1.807) is 0 Å². The topological polar surface area (TPSA) is 27.7 Å². The standard InChI is InChI=1S/C14H29N3O/c1-16(2)9-11-18-12-10-17-8-7-15-14(13-17)5-3-4-6-14/h15H,3-13H2,1-2H3. The molecule has 2 rings (SSSR count). The minimum atomic E-state index is 0.446. The van der Waals surface area contributed by atoms with Crippen molar-refractivity contribution in [3.63, 3.8) is 0 Å². The van der Waals surface area contributed by atoms with Gasteiger partial charge in [0.2, 0.25) is 0 Å². The van der Waals surface area contributed by atoms with Crippen molar-refractivity contribution in [3.05, 3.63) is 0 Å². The Morgan fingerprint density at radius 3 is 2.72 bits per heavy atom. The first-order chi connectivity index (χ1) is 8.70. The number of nitrogens with one attached hydrogen (secondary N) is 1. The Morgan fingerprint density at radius 2 is 2.00 bits per heavy atom. The first kappa shape index (κ1) is 14.3. The highest BCUT2D eigenvalue weighted by Crippen LogP contribution is 2.31. The summed E-state index contributed by atoms with van der Waals surface area (Å²) in [5.74, 6) is 0. The Balaban J connectivity index is 1.61. The number of nitrogens with zero attached hydrogens (tertiary/aromatic N) is 2. The monoisotopic (exact) mass is 255 g/mol. The van der Waals surface area contributed by atoms with Crippen molar-refractivity contribution >= 4 is 0 Å². The molecule has 0 aromatic heterocycles. The minimum Gasteiger partial charge on any atom is -0.379 e. The summed E-state index contributed by atoms with van der Waals surface area (Å²) in [4.78, 5) is 4.75. The maximum atomic E-state index is 5.69. The maximum Gasteiger partial charge on any atom is 0.0594 e. The molecule has 4 heteroatoms. The molecule has 0 bridgehead atoms. The van der Waals surface area contributed by atoms with Gasteiger partial charge in [-0.05, 0) is 26.9 Å². The third kappa shape index (κ3) is 4.19. The van der Waals surface area contributed by atoms with Crippen LogP contribution in [0.3, 0.4) is 0 Å². The molecule has 0 unspecified atom stereocenters. The van der Waals surface area contributed by atoms with E-state index in [4.69, 9.17) is 4.74 Å². The van der Waals surface area contributed by atoms with E-state index in [1.165, 1.54) is 38.8 Å². The van der Waals surface area contributed by atoms with E-state index >= 15 is 0 Å². The van der Waals surface area contributed by atoms with Crippen molar-refractivity contribution in [2.45, 2.75) is 31.2 Å². The number of hydrogen-bond donors (Lipinski definition) is 1. The van der Waals surface area contributed by atoms with Gasteiger partial charge in [0.25, 0.3) is 0 Å². The molecule has 1 N–H and O–H groups in total. The quantitative estimate of drug-likeness (QED) is 0.710. The zero-order valence-electron chi connectivity index (χ0n) is 12.1. The molecule has 4 nitrogen and oxygen atoms in total. The van der Waals surface area contributed by atoms with Crippen LogP contribution in [0, 0.1) is 0 Å². The molecule has 1 aliphatic carbocycles. The predicted molar refractivity (Wildman–Crippen MR) is 75.0 cm³/mol. The molecule has 0 radical (unpaired) electrons. The lowest BCUT2D eigenvalue weighted by molar-refractivity contribution is 0.0676. The molecule has 2 aliphatic rings. The number of rotatable bonds is 6. The molecule has 18 heavy (non-hydrogen) atoms. The van der Waals surface area contributed by atoms with Crippen LogP contribution in [0.15, 0.2) is 0 Å². The lowest BCUT2D eigenvalue weighted by Crippen LogP contribution is -2.59. The van der Waals surface area contributed by atoms with E-state index in [9.17, 15) is 0 Å². The second kappa shape index (κ2) is 6.85. The van der Waals surface area contributed by atoms with Gasteiger partial charge in [-0.3, -0.25) is 4.90 Å². The average Bonchev–Trinajstić information content (AvgIpc) is 2.76. The van der Waals surface area contributed by atoms with Crippen LogP contribution in [0.1, 0.15) is 25.7 Å². The van der Waals surface area contributed by atoms with Crippen LogP contribution in [0.25, 0.3) is 0 Å². The molecule has 1 heterocycles. The van der Waals surface area contributed by atoms with Crippen molar-refractivity contribution in [1.29, 1.82) is 0 Å². The minimum absolute atomic E-state index is 0.446. The van der Waals surface area contributed by atoms with Crippen LogP contribution in [-0.4, -0.2) is 75.4 Å². The molecular weight excluding hydrogens is 226 g/mol. The highest BCUT2D eigenvalue weighted by Gasteiger charge is 2.37. The van der Waals surface area contributed by atoms with E-state index in [1.807, 2.05) is 0 Å². The van der Waals surface area contributed by atoms with E-state index in [0.29, 0.717) is 5.54 Å². The first-order valence-electron chi connectivity index (χ1n) is 7.40. The number of ether oxygens (including phenoxy) is 1. The molecule has 1 spiro atoms. The summed E-state index contributed by atoms with van der Waals surface area (Å²) in [5, 5.41) is 3.75. The lowest BCUT2D eigenvalue weighted by atomic mass is 9.94. The van der Waals surface area contributed by atoms with Gasteiger partial charge >= 0.3 is 0 Å². The normalized spacial score (nSPS) is 24.2. The molecule has 1 aliphatic heterocycles. The van der Waals surface area contributed by atoms with Crippen LogP contribution < -0.4 is 5.32 Å². The second-order valence-electron chi connectivity index (χ2n) is 6.11. The second-order valence-corrected chi connectivity index (χ2v) is 6.11. The van der Waals surface area contributed by atoms with Crippen LogP contribution in [0.4, 0.5) is 0 Å². The SMILES string of the molecule is CN(C)CCOCCN1CCNC2(CCCC2)C1. The fourth-order valence-corrected chi connectivity index (χ4v) is 3.16. The fraction of sp³-hybridized carbons (Fsp3) is 1.00. The van der Waals surface area contributed by atoms with E-state index < -0.39 is 0 Å². The van der Waals surface area contributed by atoms with Crippen molar-refractivity contribution in [2.75, 3.05) is 60.0 Å². The molecule has 0 amide bonds. The highest BCUT2D eigenvalue weighted by atomic mass is 16.5. The zero-order chi connectivity index (χ0) is 12.8. The number of likely N-dealkylation sites (N-methyl/N-ethyl adjacent to an activating group) is 1. The van der Waals surface area contributed by atoms with Crippen LogP contribution in [-0.2, 0) is 4.74 Å². The van der Waals surface area contributed by atoms with E-state index in [2.05, 4.69) is 29.2 Å². The van der Waals surface area contributed by atoms with Gasteiger partial charge < -0.3 is 15.0 Å². The summed E-state index contributed by atoms with van der Waals surface area (Å²) in [6.45, 7) is 7.40. The molecule has 0 aromatic rings. The summed E-state index contributed by atoms with van der Waals surface area (Å²) < 4.78 is 5.69. The van der Waals surface area contributed by atoms with Crippen LogP contribution in [0.2, 0.25) is 0 Å². The van der Waals surface area contributed by atoms with Crippen LogP contribution >= 0.6 is 0 Å². The predicted octanol–water partition coefficient (Wildman–Crippen LogP) is 0.783. The Kier molecular flexibility index (Phi) is 5.42. The van der Waals surface area contributed by atoms with Gasteiger partial charge in [0.1, 0.15) is 0 Å². The molecule has 0 aromatic carbocycles. The van der Waals surface area contributed by atoms with Crippen molar-refractivity contribution in [2.24, 2.45) is 0 Å². The van der Waals surface area contributed by atoms with E-state index in [0.717, 1.165) is 32.8 Å². The van der Waals surface area contributed by atoms with Crippen LogP contribution in [0.5, 0.6) is 0 Å². The average molecular weight is 255 g/mol. The first-order valence-corrected chi connectivity index (χ1v) is 7.40. The smallest absolute Gasteiger partial charge is 0.0594 e. The molecular formula is C14H29N3O. The molecule has 2 fully saturated rings. The fourth-order valence-electron chi connectivity index (χ4n) is 3.16. The Morgan fingerprint density at radius 1 is 1.22 bits per heavy atom. The Bertz CT molecular complexity index is 239.